The van der Waals surface area contributed by atoms with Crippen LogP contribution in [0.3, 0.4) is 0 Å². The fourth-order valence-electron chi connectivity index (χ4n) is 3.90. The summed E-state index contributed by atoms with van der Waals surface area (Å²) in [4.78, 5) is 35.4. The third kappa shape index (κ3) is 4.09. The smallest absolute Gasteiger partial charge is 0.263 e. The van der Waals surface area contributed by atoms with Gasteiger partial charge in [-0.1, -0.05) is 35.0 Å². The first-order chi connectivity index (χ1) is 13.8. The Bertz CT molecular complexity index is 1130. The number of ketones is 1. The highest BCUT2D eigenvalue weighted by atomic mass is 79.9. The first kappa shape index (κ1) is 20.4. The van der Waals surface area contributed by atoms with Gasteiger partial charge in [-0.25, -0.2) is 4.98 Å². The van der Waals surface area contributed by atoms with Crippen LogP contribution in [0.2, 0.25) is 0 Å². The maximum atomic E-state index is 13.5. The van der Waals surface area contributed by atoms with Crippen LogP contribution >= 0.6 is 27.3 Å². The number of rotatable bonds is 5. The molecule has 0 spiro atoms. The summed E-state index contributed by atoms with van der Waals surface area (Å²) in [7, 11) is 3.89. The first-order valence-corrected chi connectivity index (χ1v) is 11.4. The molecule has 0 saturated carbocycles. The van der Waals surface area contributed by atoms with Crippen LogP contribution in [0.5, 0.6) is 0 Å². The van der Waals surface area contributed by atoms with Crippen molar-refractivity contribution in [3.8, 4) is 0 Å². The Morgan fingerprint density at radius 1 is 1.31 bits per heavy atom. The minimum absolute atomic E-state index is 0.00754. The van der Waals surface area contributed by atoms with E-state index in [0.29, 0.717) is 23.9 Å². The number of nitrogens with zero attached hydrogens (tertiary/aromatic N) is 3. The summed E-state index contributed by atoms with van der Waals surface area (Å²) in [6, 6.07) is 7.25. The molecule has 1 aliphatic rings. The molecule has 1 aromatic carbocycles. The second-order valence-electron chi connectivity index (χ2n) is 8.12. The quantitative estimate of drug-likeness (QED) is 0.518. The summed E-state index contributed by atoms with van der Waals surface area (Å²) < 4.78 is 2.50. The lowest BCUT2D eigenvalue weighted by molar-refractivity contribution is 0.0968. The van der Waals surface area contributed by atoms with Crippen molar-refractivity contribution in [1.29, 1.82) is 0 Å². The van der Waals surface area contributed by atoms with Crippen molar-refractivity contribution in [3.05, 3.63) is 60.9 Å². The van der Waals surface area contributed by atoms with Gasteiger partial charge in [-0.15, -0.1) is 11.3 Å². The molecule has 0 amide bonds. The van der Waals surface area contributed by atoms with Crippen LogP contribution in [-0.4, -0.2) is 34.3 Å². The minimum atomic E-state index is -0.0847. The Hall–Kier alpha value is -1.83. The largest absolute Gasteiger partial charge is 0.302 e. The fraction of sp³-hybridized carbons (Fsp3) is 0.409. The lowest BCUT2D eigenvalue weighted by Crippen LogP contribution is -2.31. The van der Waals surface area contributed by atoms with Crippen molar-refractivity contribution in [3.63, 3.8) is 0 Å². The van der Waals surface area contributed by atoms with Crippen LogP contribution in [0.15, 0.2) is 33.5 Å². The van der Waals surface area contributed by atoms with E-state index in [-0.39, 0.29) is 17.9 Å². The number of hydrogen-bond acceptors (Lipinski definition) is 5. The molecule has 7 heteroatoms. The molecule has 0 bridgehead atoms. The lowest BCUT2D eigenvalue weighted by atomic mass is 9.89. The summed E-state index contributed by atoms with van der Waals surface area (Å²) in [5, 5.41) is 0.725. The van der Waals surface area contributed by atoms with E-state index in [0.717, 1.165) is 39.5 Å². The number of hydrogen-bond donors (Lipinski definition) is 0. The molecule has 1 atom stereocenters. The van der Waals surface area contributed by atoms with Gasteiger partial charge in [0, 0.05) is 14.9 Å². The third-order valence-corrected chi connectivity index (χ3v) is 7.10. The molecule has 0 radical (unpaired) electrons. The van der Waals surface area contributed by atoms with Crippen LogP contribution in [0.4, 0.5) is 0 Å². The molecule has 0 saturated heterocycles. The predicted octanol–water partition coefficient (Wildman–Crippen LogP) is 4.29. The Kier molecular flexibility index (Phi) is 5.73. The summed E-state index contributed by atoms with van der Waals surface area (Å²) in [5.41, 5.74) is 1.67. The maximum absolute atomic E-state index is 13.5. The molecular formula is C22H24BrN3O2S. The molecule has 5 nitrogen and oxygen atoms in total. The van der Waals surface area contributed by atoms with Gasteiger partial charge in [0.2, 0.25) is 0 Å². The predicted molar refractivity (Wildman–Crippen MR) is 121 cm³/mol. The van der Waals surface area contributed by atoms with Crippen molar-refractivity contribution < 1.29 is 4.79 Å². The zero-order valence-corrected chi connectivity index (χ0v) is 19.3. The van der Waals surface area contributed by atoms with Gasteiger partial charge in [-0.3, -0.25) is 14.2 Å². The molecule has 0 fully saturated rings. The number of benzene rings is 1. The van der Waals surface area contributed by atoms with E-state index in [1.165, 1.54) is 4.88 Å². The SMILES string of the molecule is CC1CCc2c(sc3nc(CN(C)C)n(CC(=O)c4ccc(Br)cc4)c(=O)c23)C1. The fourth-order valence-corrected chi connectivity index (χ4v) is 5.56. The molecule has 152 valence electrons. The minimum Gasteiger partial charge on any atom is -0.302 e. The number of Topliss-reactive ketones (excluding diaryl/α,β-unsaturated/α-hetero) is 1. The van der Waals surface area contributed by atoms with Gasteiger partial charge in [0.25, 0.3) is 5.56 Å². The Labute approximate surface area is 182 Å². The average molecular weight is 474 g/mol. The van der Waals surface area contributed by atoms with Gasteiger partial charge in [0.15, 0.2) is 5.78 Å². The highest BCUT2D eigenvalue weighted by Crippen LogP contribution is 2.35. The van der Waals surface area contributed by atoms with Crippen molar-refractivity contribution in [2.24, 2.45) is 5.92 Å². The van der Waals surface area contributed by atoms with E-state index in [1.54, 1.807) is 28.0 Å². The number of aromatic nitrogens is 2. The van der Waals surface area contributed by atoms with E-state index in [4.69, 9.17) is 4.98 Å². The second-order valence-corrected chi connectivity index (χ2v) is 10.1. The molecule has 1 aliphatic carbocycles. The van der Waals surface area contributed by atoms with Crippen molar-refractivity contribution >= 4 is 43.3 Å². The Morgan fingerprint density at radius 3 is 2.72 bits per heavy atom. The average Bonchev–Trinajstić information content (AvgIpc) is 3.02. The van der Waals surface area contributed by atoms with Crippen LogP contribution in [-0.2, 0) is 25.9 Å². The molecule has 0 aliphatic heterocycles. The van der Waals surface area contributed by atoms with Crippen molar-refractivity contribution in [2.75, 3.05) is 14.1 Å². The monoisotopic (exact) mass is 473 g/mol. The molecule has 0 N–H and O–H groups in total. The first-order valence-electron chi connectivity index (χ1n) is 9.81. The Morgan fingerprint density at radius 2 is 2.03 bits per heavy atom. The van der Waals surface area contributed by atoms with Gasteiger partial charge < -0.3 is 4.90 Å². The van der Waals surface area contributed by atoms with Gasteiger partial charge in [0.1, 0.15) is 10.7 Å². The van der Waals surface area contributed by atoms with E-state index < -0.39 is 0 Å². The van der Waals surface area contributed by atoms with E-state index in [2.05, 4.69) is 22.9 Å². The van der Waals surface area contributed by atoms with Crippen LogP contribution in [0, 0.1) is 5.92 Å². The van der Waals surface area contributed by atoms with Crippen LogP contribution in [0.25, 0.3) is 10.2 Å². The van der Waals surface area contributed by atoms with Gasteiger partial charge in [-0.05, 0) is 57.0 Å². The van der Waals surface area contributed by atoms with E-state index in [1.807, 2.05) is 31.1 Å². The van der Waals surface area contributed by atoms with Crippen LogP contribution in [0.1, 0.15) is 40.0 Å². The highest BCUT2D eigenvalue weighted by molar-refractivity contribution is 9.10. The molecular weight excluding hydrogens is 450 g/mol. The molecule has 2 heterocycles. The highest BCUT2D eigenvalue weighted by Gasteiger charge is 2.25. The van der Waals surface area contributed by atoms with E-state index in [9.17, 15) is 9.59 Å². The normalized spacial score (nSPS) is 16.4. The summed E-state index contributed by atoms with van der Waals surface area (Å²) in [6.45, 7) is 2.78. The van der Waals surface area contributed by atoms with E-state index >= 15 is 0 Å². The zero-order chi connectivity index (χ0) is 20.7. The second kappa shape index (κ2) is 8.13. The number of carbonyl (C=O) groups is 1. The number of fused-ring (bicyclic) bond motifs is 3. The Balaban J connectivity index is 1.82. The number of thiophene rings is 1. The zero-order valence-electron chi connectivity index (χ0n) is 16.9. The topological polar surface area (TPSA) is 55.2 Å². The summed E-state index contributed by atoms with van der Waals surface area (Å²) >= 11 is 5.04. The van der Waals surface area contributed by atoms with Gasteiger partial charge >= 0.3 is 0 Å². The van der Waals surface area contributed by atoms with Gasteiger partial charge in [-0.2, -0.15) is 0 Å². The van der Waals surface area contributed by atoms with Crippen LogP contribution < -0.4 is 5.56 Å². The lowest BCUT2D eigenvalue weighted by Gasteiger charge is -2.18. The summed E-state index contributed by atoms with van der Waals surface area (Å²) in [5.74, 6) is 1.20. The molecule has 2 aromatic heterocycles. The van der Waals surface area contributed by atoms with Crippen molar-refractivity contribution in [2.45, 2.75) is 39.3 Å². The number of aryl methyl sites for hydroxylation is 1. The molecule has 29 heavy (non-hydrogen) atoms. The molecule has 4 rings (SSSR count). The summed E-state index contributed by atoms with van der Waals surface area (Å²) in [6.07, 6.45) is 3.02. The third-order valence-electron chi connectivity index (χ3n) is 5.42. The van der Waals surface area contributed by atoms with Crippen molar-refractivity contribution in [1.82, 2.24) is 14.5 Å². The van der Waals surface area contributed by atoms with Gasteiger partial charge in [0.05, 0.1) is 18.5 Å². The molecule has 1 unspecified atom stereocenters. The number of carbonyl (C=O) groups excluding carboxylic acids is 1. The standard InChI is InChI=1S/C22H24BrN3O2S/c1-13-4-9-16-18(10-13)29-21-20(16)22(28)26(19(24-21)12-25(2)3)11-17(27)14-5-7-15(23)8-6-14/h5-8,13H,4,9-12H2,1-3H3. The number of halogens is 1. The molecule has 3 aromatic rings. The maximum Gasteiger partial charge on any atom is 0.263 e.